The molecule has 1 unspecified atom stereocenters. The van der Waals surface area contributed by atoms with Crippen LogP contribution >= 0.6 is 10.3 Å². The van der Waals surface area contributed by atoms with Crippen LogP contribution in [0.3, 0.4) is 0 Å². The van der Waals surface area contributed by atoms with Gasteiger partial charge >= 0.3 is 0 Å². The monoisotopic (exact) mass is 491 g/mol. The SMILES string of the molecule is CCCCCCCCOC(CCCCCNCCCCO)OS(C)(C)CCCCCCCC. The Bertz CT molecular complexity index is 382. The molecule has 0 bridgehead atoms. The van der Waals surface area contributed by atoms with Gasteiger partial charge < -0.3 is 19.3 Å². The van der Waals surface area contributed by atoms with Gasteiger partial charge in [-0.25, -0.2) is 0 Å². The molecule has 0 aromatic rings. The number of unbranched alkanes of at least 4 members (excludes halogenated alkanes) is 13. The second-order valence-corrected chi connectivity index (χ2v) is 13.6. The minimum atomic E-state index is -1.05. The summed E-state index contributed by atoms with van der Waals surface area (Å²) in [4.78, 5) is 0. The molecule has 0 spiro atoms. The van der Waals surface area contributed by atoms with Gasteiger partial charge in [-0.2, -0.15) is 0 Å². The molecular formula is C28H61NO3S. The third kappa shape index (κ3) is 25.1. The molecule has 0 heterocycles. The van der Waals surface area contributed by atoms with Crippen LogP contribution in [0.5, 0.6) is 0 Å². The van der Waals surface area contributed by atoms with Crippen molar-refractivity contribution in [1.82, 2.24) is 5.32 Å². The van der Waals surface area contributed by atoms with Crippen molar-refractivity contribution in [3.63, 3.8) is 0 Å². The van der Waals surface area contributed by atoms with Crippen LogP contribution in [-0.2, 0) is 8.92 Å². The molecule has 0 aromatic heterocycles. The van der Waals surface area contributed by atoms with Crippen LogP contribution in [0, 0.1) is 0 Å². The lowest BCUT2D eigenvalue weighted by atomic mass is 10.1. The van der Waals surface area contributed by atoms with E-state index in [1.165, 1.54) is 95.6 Å². The summed E-state index contributed by atoms with van der Waals surface area (Å²) in [5, 5.41) is 12.3. The third-order valence-electron chi connectivity index (χ3n) is 6.21. The molecule has 0 radical (unpaired) electrons. The molecule has 0 aliphatic carbocycles. The van der Waals surface area contributed by atoms with E-state index in [0.717, 1.165) is 45.4 Å². The molecule has 0 fully saturated rings. The summed E-state index contributed by atoms with van der Waals surface area (Å²) in [7, 11) is -1.05. The molecule has 2 N–H and O–H groups in total. The average molecular weight is 492 g/mol. The number of rotatable bonds is 27. The Morgan fingerprint density at radius 2 is 1.21 bits per heavy atom. The van der Waals surface area contributed by atoms with E-state index in [4.69, 9.17) is 14.0 Å². The predicted octanol–water partition coefficient (Wildman–Crippen LogP) is 7.97. The number of aliphatic hydroxyl groups is 1. The summed E-state index contributed by atoms with van der Waals surface area (Å²) in [6.07, 6.45) is 27.1. The highest BCUT2D eigenvalue weighted by Gasteiger charge is 2.19. The average Bonchev–Trinajstić information content (AvgIpc) is 2.79. The van der Waals surface area contributed by atoms with Crippen molar-refractivity contribution in [2.45, 2.75) is 136 Å². The van der Waals surface area contributed by atoms with Gasteiger partial charge in [0.25, 0.3) is 0 Å². The normalized spacial score (nSPS) is 13.5. The van der Waals surface area contributed by atoms with Crippen molar-refractivity contribution in [1.29, 1.82) is 0 Å². The zero-order valence-corrected chi connectivity index (χ0v) is 23.8. The van der Waals surface area contributed by atoms with Crippen LogP contribution < -0.4 is 5.32 Å². The van der Waals surface area contributed by atoms with Crippen LogP contribution in [0.4, 0.5) is 0 Å². The zero-order chi connectivity index (χ0) is 24.5. The van der Waals surface area contributed by atoms with E-state index in [1.807, 2.05) is 0 Å². The maximum atomic E-state index is 8.84. The van der Waals surface area contributed by atoms with E-state index >= 15 is 0 Å². The van der Waals surface area contributed by atoms with Crippen molar-refractivity contribution < 1.29 is 14.0 Å². The van der Waals surface area contributed by atoms with Crippen molar-refractivity contribution in [3.05, 3.63) is 0 Å². The molecular weight excluding hydrogens is 430 g/mol. The molecule has 0 saturated carbocycles. The fraction of sp³-hybridized carbons (Fsp3) is 1.00. The summed E-state index contributed by atoms with van der Waals surface area (Å²) < 4.78 is 12.9. The smallest absolute Gasteiger partial charge is 0.168 e. The van der Waals surface area contributed by atoms with Crippen LogP contribution in [0.2, 0.25) is 0 Å². The Morgan fingerprint density at radius 1 is 0.667 bits per heavy atom. The van der Waals surface area contributed by atoms with Crippen molar-refractivity contribution in [3.8, 4) is 0 Å². The highest BCUT2D eigenvalue weighted by Crippen LogP contribution is 2.44. The van der Waals surface area contributed by atoms with Gasteiger partial charge in [0, 0.05) is 13.2 Å². The van der Waals surface area contributed by atoms with Crippen molar-refractivity contribution in [2.24, 2.45) is 0 Å². The summed E-state index contributed by atoms with van der Waals surface area (Å²) in [6, 6.07) is 0. The third-order valence-corrected chi connectivity index (χ3v) is 8.22. The van der Waals surface area contributed by atoms with Crippen LogP contribution in [0.25, 0.3) is 0 Å². The molecule has 4 nitrogen and oxygen atoms in total. The maximum absolute atomic E-state index is 8.84. The molecule has 33 heavy (non-hydrogen) atoms. The largest absolute Gasteiger partial charge is 0.396 e. The summed E-state index contributed by atoms with van der Waals surface area (Å²) in [5.41, 5.74) is 0. The second kappa shape index (κ2) is 25.3. The number of hydrogen-bond donors (Lipinski definition) is 2. The second-order valence-electron chi connectivity index (χ2n) is 10.1. The lowest BCUT2D eigenvalue weighted by molar-refractivity contribution is -0.0790. The summed E-state index contributed by atoms with van der Waals surface area (Å²) in [5.74, 6) is 1.20. The first-order valence-corrected chi connectivity index (χ1v) is 16.9. The number of aliphatic hydroxyl groups excluding tert-OH is 1. The Labute approximate surface area is 209 Å². The fourth-order valence-corrected chi connectivity index (χ4v) is 5.78. The van der Waals surface area contributed by atoms with E-state index in [0.29, 0.717) is 6.61 Å². The zero-order valence-electron chi connectivity index (χ0n) is 23.0. The first-order chi connectivity index (χ1) is 16.1. The number of nitrogens with one attached hydrogen (secondary N) is 1. The van der Waals surface area contributed by atoms with Gasteiger partial charge in [-0.3, -0.25) is 0 Å². The molecule has 0 rings (SSSR count). The molecule has 5 heteroatoms. The topological polar surface area (TPSA) is 50.7 Å². The quantitative estimate of drug-likeness (QED) is 0.0903. The molecule has 0 aliphatic heterocycles. The first kappa shape index (κ1) is 33.2. The Morgan fingerprint density at radius 3 is 1.85 bits per heavy atom. The van der Waals surface area contributed by atoms with Gasteiger partial charge in [0.05, 0.1) is 0 Å². The van der Waals surface area contributed by atoms with Gasteiger partial charge in [-0.05, 0) is 76.3 Å². The van der Waals surface area contributed by atoms with E-state index < -0.39 is 10.3 Å². The standard InChI is InChI=1S/C28H61NO3S/c1-5-7-9-11-13-20-26-31-28(22-16-15-17-23-29-24-18-19-25-30)32-33(3,4)27-21-14-12-10-8-6-2/h28-30H,5-27H2,1-4H3. The van der Waals surface area contributed by atoms with Gasteiger partial charge in [0.2, 0.25) is 0 Å². The molecule has 202 valence electrons. The highest BCUT2D eigenvalue weighted by molar-refractivity contribution is 8.28. The van der Waals surface area contributed by atoms with Gasteiger partial charge in [0.15, 0.2) is 6.29 Å². The first-order valence-electron chi connectivity index (χ1n) is 14.4. The minimum Gasteiger partial charge on any atom is -0.396 e. The molecule has 0 aromatic carbocycles. The fourth-order valence-electron chi connectivity index (χ4n) is 4.05. The van der Waals surface area contributed by atoms with Gasteiger partial charge in [-0.15, -0.1) is 10.3 Å². The van der Waals surface area contributed by atoms with Crippen molar-refractivity contribution >= 4 is 10.3 Å². The molecule has 0 amide bonds. The summed E-state index contributed by atoms with van der Waals surface area (Å²) >= 11 is 0. The van der Waals surface area contributed by atoms with Crippen LogP contribution in [-0.4, -0.2) is 56.0 Å². The van der Waals surface area contributed by atoms with Crippen LogP contribution in [0.1, 0.15) is 129 Å². The predicted molar refractivity (Wildman–Crippen MR) is 150 cm³/mol. The van der Waals surface area contributed by atoms with Gasteiger partial charge in [-0.1, -0.05) is 84.5 Å². The molecule has 0 aliphatic rings. The molecule has 1 atom stereocenters. The Balaban J connectivity index is 4.18. The van der Waals surface area contributed by atoms with E-state index in [2.05, 4.69) is 31.7 Å². The van der Waals surface area contributed by atoms with Crippen molar-refractivity contribution in [2.75, 3.05) is 44.6 Å². The van der Waals surface area contributed by atoms with E-state index in [1.54, 1.807) is 0 Å². The summed E-state index contributed by atoms with van der Waals surface area (Å²) in [6.45, 7) is 7.79. The van der Waals surface area contributed by atoms with Gasteiger partial charge in [0.1, 0.15) is 0 Å². The van der Waals surface area contributed by atoms with E-state index in [9.17, 15) is 0 Å². The lowest BCUT2D eigenvalue weighted by Crippen LogP contribution is -2.22. The molecule has 0 saturated heterocycles. The number of hydrogen-bond acceptors (Lipinski definition) is 4. The van der Waals surface area contributed by atoms with Crippen LogP contribution in [0.15, 0.2) is 0 Å². The Kier molecular flexibility index (Phi) is 25.4. The Hall–Kier alpha value is 0.190. The highest BCUT2D eigenvalue weighted by atomic mass is 32.3. The minimum absolute atomic E-state index is 0.0248. The number of ether oxygens (including phenoxy) is 1. The maximum Gasteiger partial charge on any atom is 0.168 e. The lowest BCUT2D eigenvalue weighted by Gasteiger charge is -2.35. The van der Waals surface area contributed by atoms with E-state index in [-0.39, 0.29) is 6.29 Å².